The van der Waals surface area contributed by atoms with E-state index in [1.54, 1.807) is 13.8 Å². The molecule has 7 heteroatoms. The molecule has 3 N–H and O–H groups in total. The maximum atomic E-state index is 11.2. The highest BCUT2D eigenvalue weighted by Crippen LogP contribution is 2.22. The standard InChI is InChI=1S/C7H13N5O2/c1-7(2,4(8)5(13)14-3)6-9-11-12-10-6/h4H,8H2,1-3H3,(H,9,10,11,12). The number of rotatable bonds is 3. The molecule has 0 aromatic carbocycles. The number of nitrogens with zero attached hydrogens (tertiary/aromatic N) is 3. The van der Waals surface area contributed by atoms with E-state index in [4.69, 9.17) is 5.73 Å². The number of nitrogens with two attached hydrogens (primary N) is 1. The molecule has 1 heterocycles. The number of H-pyrrole nitrogens is 1. The molecule has 0 spiro atoms. The lowest BCUT2D eigenvalue weighted by Crippen LogP contribution is -2.48. The van der Waals surface area contributed by atoms with E-state index in [0.717, 1.165) is 0 Å². The third-order valence-electron chi connectivity index (χ3n) is 2.15. The third kappa shape index (κ3) is 1.72. The number of carbonyl (C=O) groups excluding carboxylic acids is 1. The molecule has 1 atom stereocenters. The molecular formula is C7H13N5O2. The Labute approximate surface area is 81.0 Å². The summed E-state index contributed by atoms with van der Waals surface area (Å²) in [5.74, 6) is -0.116. The van der Waals surface area contributed by atoms with Gasteiger partial charge in [-0.2, -0.15) is 5.21 Å². The summed E-state index contributed by atoms with van der Waals surface area (Å²) >= 11 is 0. The van der Waals surface area contributed by atoms with Gasteiger partial charge in [0.1, 0.15) is 6.04 Å². The van der Waals surface area contributed by atoms with E-state index in [-0.39, 0.29) is 0 Å². The predicted octanol–water partition coefficient (Wildman–Crippen LogP) is -1.02. The first-order valence-corrected chi connectivity index (χ1v) is 4.07. The van der Waals surface area contributed by atoms with Crippen LogP contribution < -0.4 is 5.73 Å². The fraction of sp³-hybridized carbons (Fsp3) is 0.714. The minimum atomic E-state index is -0.815. The first kappa shape index (κ1) is 10.6. The Morgan fingerprint density at radius 1 is 1.64 bits per heavy atom. The molecule has 7 nitrogen and oxygen atoms in total. The minimum Gasteiger partial charge on any atom is -0.468 e. The molecule has 1 rings (SSSR count). The van der Waals surface area contributed by atoms with Gasteiger partial charge in [-0.05, 0) is 0 Å². The number of aromatic nitrogens is 4. The molecule has 78 valence electrons. The van der Waals surface area contributed by atoms with Gasteiger partial charge in [0.15, 0.2) is 5.82 Å². The van der Waals surface area contributed by atoms with E-state index in [1.165, 1.54) is 7.11 Å². The molecule has 1 aromatic heterocycles. The van der Waals surface area contributed by atoms with Gasteiger partial charge in [-0.25, -0.2) is 0 Å². The number of hydrogen-bond donors (Lipinski definition) is 2. The van der Waals surface area contributed by atoms with Crippen LogP contribution in [0, 0.1) is 0 Å². The quantitative estimate of drug-likeness (QED) is 0.603. The van der Waals surface area contributed by atoms with Gasteiger partial charge in [-0.15, -0.1) is 10.2 Å². The molecule has 0 radical (unpaired) electrons. The Hall–Kier alpha value is -1.50. The van der Waals surface area contributed by atoms with Crippen LogP contribution in [0.4, 0.5) is 0 Å². The van der Waals surface area contributed by atoms with Crippen LogP contribution in [0.15, 0.2) is 0 Å². The van der Waals surface area contributed by atoms with Crippen molar-refractivity contribution in [3.05, 3.63) is 5.82 Å². The van der Waals surface area contributed by atoms with Crippen molar-refractivity contribution in [3.8, 4) is 0 Å². The SMILES string of the molecule is COC(=O)C(N)C(C)(C)c1nn[nH]n1. The number of hydrogen-bond acceptors (Lipinski definition) is 6. The Bertz CT molecular complexity index is 308. The third-order valence-corrected chi connectivity index (χ3v) is 2.15. The monoisotopic (exact) mass is 199 g/mol. The van der Waals surface area contributed by atoms with Gasteiger partial charge in [0.25, 0.3) is 0 Å². The van der Waals surface area contributed by atoms with Crippen LogP contribution in [-0.2, 0) is 14.9 Å². The highest BCUT2D eigenvalue weighted by molar-refractivity contribution is 5.77. The first-order valence-electron chi connectivity index (χ1n) is 4.07. The average molecular weight is 199 g/mol. The predicted molar refractivity (Wildman–Crippen MR) is 47.2 cm³/mol. The number of esters is 1. The van der Waals surface area contributed by atoms with Crippen LogP contribution >= 0.6 is 0 Å². The second-order valence-corrected chi connectivity index (χ2v) is 3.46. The molecule has 1 unspecified atom stereocenters. The molecule has 0 bridgehead atoms. The number of tetrazole rings is 1. The van der Waals surface area contributed by atoms with Gasteiger partial charge in [0.05, 0.1) is 12.5 Å². The Morgan fingerprint density at radius 3 is 2.71 bits per heavy atom. The molecule has 1 aromatic rings. The summed E-state index contributed by atoms with van der Waals surface area (Å²) in [5.41, 5.74) is 4.99. The van der Waals surface area contributed by atoms with Crippen LogP contribution in [0.2, 0.25) is 0 Å². The highest BCUT2D eigenvalue weighted by atomic mass is 16.5. The topological polar surface area (TPSA) is 107 Å². The highest BCUT2D eigenvalue weighted by Gasteiger charge is 2.38. The summed E-state index contributed by atoms with van der Waals surface area (Å²) in [6, 6.07) is -0.815. The lowest BCUT2D eigenvalue weighted by Gasteiger charge is -2.25. The van der Waals surface area contributed by atoms with E-state index in [1.807, 2.05) is 0 Å². The van der Waals surface area contributed by atoms with Crippen LogP contribution in [0.5, 0.6) is 0 Å². The van der Waals surface area contributed by atoms with Gasteiger partial charge >= 0.3 is 5.97 Å². The lowest BCUT2D eigenvalue weighted by atomic mass is 9.84. The fourth-order valence-electron chi connectivity index (χ4n) is 0.995. The van der Waals surface area contributed by atoms with Crippen molar-refractivity contribution < 1.29 is 9.53 Å². The maximum Gasteiger partial charge on any atom is 0.323 e. The van der Waals surface area contributed by atoms with Gasteiger partial charge < -0.3 is 10.5 Å². The molecule has 0 saturated heterocycles. The summed E-state index contributed by atoms with van der Waals surface area (Å²) in [5, 5.41) is 13.3. The molecule has 0 saturated carbocycles. The van der Waals surface area contributed by atoms with Gasteiger partial charge in [-0.3, -0.25) is 4.79 Å². The zero-order chi connectivity index (χ0) is 10.8. The molecule has 0 aliphatic heterocycles. The van der Waals surface area contributed by atoms with Crippen molar-refractivity contribution in [3.63, 3.8) is 0 Å². The number of methoxy groups -OCH3 is 1. The smallest absolute Gasteiger partial charge is 0.323 e. The Kier molecular flexibility index (Phi) is 2.80. The molecule has 0 fully saturated rings. The summed E-state index contributed by atoms with van der Waals surface area (Å²) in [6.45, 7) is 3.50. The number of nitrogens with one attached hydrogen (secondary N) is 1. The van der Waals surface area contributed by atoms with E-state index in [9.17, 15) is 4.79 Å². The molecule has 0 aliphatic carbocycles. The van der Waals surface area contributed by atoms with Crippen LogP contribution in [0.3, 0.4) is 0 Å². The Balaban J connectivity index is 2.90. The van der Waals surface area contributed by atoms with Crippen molar-refractivity contribution in [2.45, 2.75) is 25.3 Å². The van der Waals surface area contributed by atoms with E-state index in [2.05, 4.69) is 25.4 Å². The maximum absolute atomic E-state index is 11.2. The van der Waals surface area contributed by atoms with Crippen molar-refractivity contribution in [1.29, 1.82) is 0 Å². The number of aromatic amines is 1. The molecule has 0 aliphatic rings. The lowest BCUT2D eigenvalue weighted by molar-refractivity contribution is -0.143. The van der Waals surface area contributed by atoms with Crippen LogP contribution in [0.25, 0.3) is 0 Å². The number of ether oxygens (including phenoxy) is 1. The normalized spacial score (nSPS) is 13.7. The van der Waals surface area contributed by atoms with Crippen LogP contribution in [0.1, 0.15) is 19.7 Å². The van der Waals surface area contributed by atoms with E-state index in [0.29, 0.717) is 5.82 Å². The zero-order valence-electron chi connectivity index (χ0n) is 8.31. The summed E-state index contributed by atoms with van der Waals surface area (Å²) < 4.78 is 4.55. The van der Waals surface area contributed by atoms with Crippen molar-refractivity contribution in [2.24, 2.45) is 5.73 Å². The number of carbonyl (C=O) groups is 1. The first-order chi connectivity index (χ1) is 6.50. The molecule has 0 amide bonds. The van der Waals surface area contributed by atoms with Crippen LogP contribution in [-0.4, -0.2) is 39.7 Å². The average Bonchev–Trinajstić information content (AvgIpc) is 2.68. The van der Waals surface area contributed by atoms with E-state index < -0.39 is 17.4 Å². The summed E-state index contributed by atoms with van der Waals surface area (Å²) in [7, 11) is 1.29. The molecule has 14 heavy (non-hydrogen) atoms. The summed E-state index contributed by atoms with van der Waals surface area (Å²) in [6.07, 6.45) is 0. The van der Waals surface area contributed by atoms with Crippen molar-refractivity contribution in [1.82, 2.24) is 20.6 Å². The van der Waals surface area contributed by atoms with Gasteiger partial charge in [0, 0.05) is 0 Å². The minimum absolute atomic E-state index is 0.385. The van der Waals surface area contributed by atoms with Gasteiger partial charge in [0.2, 0.25) is 0 Å². The van der Waals surface area contributed by atoms with Crippen molar-refractivity contribution in [2.75, 3.05) is 7.11 Å². The second-order valence-electron chi connectivity index (χ2n) is 3.46. The van der Waals surface area contributed by atoms with Crippen molar-refractivity contribution >= 4 is 5.97 Å². The van der Waals surface area contributed by atoms with E-state index >= 15 is 0 Å². The summed E-state index contributed by atoms with van der Waals surface area (Å²) in [4.78, 5) is 11.2. The molecular weight excluding hydrogens is 186 g/mol. The fourth-order valence-corrected chi connectivity index (χ4v) is 0.995. The van der Waals surface area contributed by atoms with Gasteiger partial charge in [-0.1, -0.05) is 19.1 Å². The second kappa shape index (κ2) is 3.70. The zero-order valence-corrected chi connectivity index (χ0v) is 8.31. The largest absolute Gasteiger partial charge is 0.468 e. The Morgan fingerprint density at radius 2 is 2.29 bits per heavy atom.